The molecule has 0 aliphatic heterocycles. The van der Waals surface area contributed by atoms with Crippen LogP contribution >= 0.6 is 11.8 Å². The summed E-state index contributed by atoms with van der Waals surface area (Å²) in [7, 11) is 1.84. The maximum atomic E-state index is 12.7. The van der Waals surface area contributed by atoms with E-state index in [1.54, 1.807) is 12.1 Å². The number of carbonyl (C=O) groups is 2. The van der Waals surface area contributed by atoms with E-state index in [0.29, 0.717) is 16.7 Å². The van der Waals surface area contributed by atoms with Crippen molar-refractivity contribution in [2.75, 3.05) is 5.75 Å². The van der Waals surface area contributed by atoms with Crippen LogP contribution in [0, 0.1) is 17.8 Å². The first-order chi connectivity index (χ1) is 14.5. The lowest BCUT2D eigenvalue weighted by Gasteiger charge is -2.56. The highest BCUT2D eigenvalue weighted by molar-refractivity contribution is 7.99. The molecule has 4 saturated carbocycles. The third-order valence-corrected chi connectivity index (χ3v) is 7.87. The van der Waals surface area contributed by atoms with Crippen molar-refractivity contribution >= 4 is 23.6 Å². The maximum absolute atomic E-state index is 12.7. The van der Waals surface area contributed by atoms with E-state index >= 15 is 0 Å². The van der Waals surface area contributed by atoms with Gasteiger partial charge < -0.3 is 19.6 Å². The molecular formula is C21H27N5O3S. The second-order valence-corrected chi connectivity index (χ2v) is 10.1. The van der Waals surface area contributed by atoms with Crippen LogP contribution in [-0.4, -0.2) is 37.9 Å². The number of hydrogen-bond donors (Lipinski definition) is 2. The Labute approximate surface area is 179 Å². The zero-order valence-electron chi connectivity index (χ0n) is 17.1. The molecule has 0 saturated heterocycles. The standard InChI is InChI=1S/C21H27N5O3S/c1-26-17(11-22-19(28)16-3-2-4-29-16)24-25-20(26)30-12-18(27)23-21-8-13-5-14(9-21)7-15(6-13)10-21/h2-4,13-15H,5-12H2,1H3,(H,22,28)(H,23,27). The van der Waals surface area contributed by atoms with Crippen LogP contribution in [0.2, 0.25) is 0 Å². The van der Waals surface area contributed by atoms with Gasteiger partial charge in [-0.1, -0.05) is 11.8 Å². The second kappa shape index (κ2) is 7.76. The first-order valence-corrected chi connectivity index (χ1v) is 11.6. The number of nitrogens with one attached hydrogen (secondary N) is 2. The molecule has 2 N–H and O–H groups in total. The molecule has 4 bridgehead atoms. The van der Waals surface area contributed by atoms with Crippen molar-refractivity contribution in [2.24, 2.45) is 24.8 Å². The van der Waals surface area contributed by atoms with E-state index in [2.05, 4.69) is 20.8 Å². The molecular weight excluding hydrogens is 402 g/mol. The van der Waals surface area contributed by atoms with Crippen LogP contribution in [0.3, 0.4) is 0 Å². The van der Waals surface area contributed by atoms with Gasteiger partial charge in [-0.25, -0.2) is 0 Å². The fraction of sp³-hybridized carbons (Fsp3) is 0.619. The molecule has 0 spiro atoms. The molecule has 8 nitrogen and oxygen atoms in total. The molecule has 9 heteroatoms. The van der Waals surface area contributed by atoms with Crippen molar-refractivity contribution in [1.82, 2.24) is 25.4 Å². The van der Waals surface area contributed by atoms with Gasteiger partial charge in [0.05, 0.1) is 18.6 Å². The van der Waals surface area contributed by atoms with E-state index in [0.717, 1.165) is 37.0 Å². The van der Waals surface area contributed by atoms with E-state index in [1.807, 2.05) is 11.6 Å². The van der Waals surface area contributed by atoms with E-state index in [-0.39, 0.29) is 29.7 Å². The summed E-state index contributed by atoms with van der Waals surface area (Å²) in [5, 5.41) is 15.1. The van der Waals surface area contributed by atoms with Gasteiger partial charge in [-0.05, 0) is 68.4 Å². The number of carbonyl (C=O) groups excluding carboxylic acids is 2. The van der Waals surface area contributed by atoms with Crippen LogP contribution in [0.1, 0.15) is 54.9 Å². The molecule has 6 rings (SSSR count). The van der Waals surface area contributed by atoms with Crippen LogP contribution in [0.5, 0.6) is 0 Å². The number of aromatic nitrogens is 3. The molecule has 4 fully saturated rings. The average molecular weight is 430 g/mol. The minimum Gasteiger partial charge on any atom is -0.459 e. The van der Waals surface area contributed by atoms with Gasteiger partial charge in [0, 0.05) is 12.6 Å². The fourth-order valence-corrected chi connectivity index (χ4v) is 6.73. The van der Waals surface area contributed by atoms with Crippen molar-refractivity contribution < 1.29 is 14.0 Å². The van der Waals surface area contributed by atoms with Crippen LogP contribution < -0.4 is 10.6 Å². The van der Waals surface area contributed by atoms with Crippen LogP contribution in [0.15, 0.2) is 28.0 Å². The van der Waals surface area contributed by atoms with Gasteiger partial charge in [0.2, 0.25) is 5.91 Å². The lowest BCUT2D eigenvalue weighted by atomic mass is 9.53. The van der Waals surface area contributed by atoms with Crippen molar-refractivity contribution in [3.05, 3.63) is 30.0 Å². The summed E-state index contributed by atoms with van der Waals surface area (Å²) >= 11 is 1.38. The minimum atomic E-state index is -0.299. The Kier molecular flexibility index (Phi) is 5.08. The zero-order chi connectivity index (χ0) is 20.7. The number of hydrogen-bond acceptors (Lipinski definition) is 6. The molecule has 0 radical (unpaired) electrons. The highest BCUT2D eigenvalue weighted by Gasteiger charge is 2.51. The molecule has 4 aliphatic carbocycles. The van der Waals surface area contributed by atoms with Gasteiger partial charge in [0.25, 0.3) is 5.91 Å². The first-order valence-electron chi connectivity index (χ1n) is 10.6. The number of furan rings is 1. The normalized spacial score (nSPS) is 29.2. The van der Waals surface area contributed by atoms with Gasteiger partial charge in [-0.15, -0.1) is 10.2 Å². The lowest BCUT2D eigenvalue weighted by molar-refractivity contribution is -0.124. The van der Waals surface area contributed by atoms with E-state index < -0.39 is 0 Å². The fourth-order valence-electron chi connectivity index (χ4n) is 6.00. The number of nitrogens with zero attached hydrogens (tertiary/aromatic N) is 3. The molecule has 0 aromatic carbocycles. The number of rotatable bonds is 7. The summed E-state index contributed by atoms with van der Waals surface area (Å²) < 4.78 is 6.89. The maximum Gasteiger partial charge on any atom is 0.287 e. The average Bonchev–Trinajstić information content (AvgIpc) is 3.33. The van der Waals surface area contributed by atoms with E-state index in [9.17, 15) is 9.59 Å². The third-order valence-electron chi connectivity index (χ3n) is 6.85. The Morgan fingerprint density at radius 2 is 1.90 bits per heavy atom. The van der Waals surface area contributed by atoms with Gasteiger partial charge >= 0.3 is 0 Å². The Hall–Kier alpha value is -2.29. The predicted molar refractivity (Wildman–Crippen MR) is 111 cm³/mol. The second-order valence-electron chi connectivity index (χ2n) is 9.15. The summed E-state index contributed by atoms with van der Waals surface area (Å²) in [6, 6.07) is 3.27. The van der Waals surface area contributed by atoms with Crippen LogP contribution in [0.4, 0.5) is 0 Å². The van der Waals surface area contributed by atoms with Crippen molar-refractivity contribution in [3.63, 3.8) is 0 Å². The summed E-state index contributed by atoms with van der Waals surface area (Å²) in [5.74, 6) is 3.41. The van der Waals surface area contributed by atoms with Gasteiger partial charge in [0.15, 0.2) is 16.7 Å². The summed E-state index contributed by atoms with van der Waals surface area (Å²) in [6.45, 7) is 0.239. The van der Waals surface area contributed by atoms with Crippen molar-refractivity contribution in [3.8, 4) is 0 Å². The van der Waals surface area contributed by atoms with E-state index in [4.69, 9.17) is 4.42 Å². The topological polar surface area (TPSA) is 102 Å². The quantitative estimate of drug-likeness (QED) is 0.656. The third kappa shape index (κ3) is 3.87. The molecule has 160 valence electrons. The molecule has 2 heterocycles. The lowest BCUT2D eigenvalue weighted by Crippen LogP contribution is -2.60. The van der Waals surface area contributed by atoms with Gasteiger partial charge in [-0.2, -0.15) is 0 Å². The van der Waals surface area contributed by atoms with Crippen LogP contribution in [0.25, 0.3) is 0 Å². The van der Waals surface area contributed by atoms with Crippen LogP contribution in [-0.2, 0) is 18.4 Å². The smallest absolute Gasteiger partial charge is 0.287 e. The van der Waals surface area contributed by atoms with Gasteiger partial charge in [-0.3, -0.25) is 9.59 Å². The molecule has 0 unspecified atom stereocenters. The number of amides is 2. The monoisotopic (exact) mass is 429 g/mol. The molecule has 2 amide bonds. The SMILES string of the molecule is Cn1c(CNC(=O)c2ccco2)nnc1SCC(=O)NC12CC3CC(CC(C3)C1)C2. The largest absolute Gasteiger partial charge is 0.459 e. The zero-order valence-corrected chi connectivity index (χ0v) is 17.9. The Balaban J connectivity index is 1.13. The molecule has 4 aliphatic rings. The Morgan fingerprint density at radius 3 is 2.53 bits per heavy atom. The Morgan fingerprint density at radius 1 is 1.20 bits per heavy atom. The predicted octanol–water partition coefficient (Wildman–Crippen LogP) is 2.52. The minimum absolute atomic E-state index is 0.0353. The summed E-state index contributed by atoms with van der Waals surface area (Å²) in [5.41, 5.74) is 0.0353. The first kappa shape index (κ1) is 19.7. The van der Waals surface area contributed by atoms with Crippen molar-refractivity contribution in [2.45, 2.75) is 55.8 Å². The molecule has 0 atom stereocenters. The van der Waals surface area contributed by atoms with E-state index in [1.165, 1.54) is 37.3 Å². The highest BCUT2D eigenvalue weighted by atomic mass is 32.2. The molecule has 2 aromatic heterocycles. The molecule has 30 heavy (non-hydrogen) atoms. The number of thioether (sulfide) groups is 1. The highest BCUT2D eigenvalue weighted by Crippen LogP contribution is 2.55. The summed E-state index contributed by atoms with van der Waals surface area (Å²) in [6.07, 6.45) is 9.00. The van der Waals surface area contributed by atoms with Crippen molar-refractivity contribution in [1.29, 1.82) is 0 Å². The summed E-state index contributed by atoms with van der Waals surface area (Å²) in [4.78, 5) is 24.7. The van der Waals surface area contributed by atoms with Gasteiger partial charge in [0.1, 0.15) is 0 Å². The Bertz CT molecular complexity index is 903. The molecule has 2 aromatic rings.